The molecule has 4 rings (SSSR count). The molecule has 2 aromatic heterocycles. The van der Waals surface area contributed by atoms with Crippen LogP contribution in [0.1, 0.15) is 35.2 Å². The van der Waals surface area contributed by atoms with Gasteiger partial charge in [-0.2, -0.15) is 4.99 Å². The predicted molar refractivity (Wildman–Crippen MR) is 135 cm³/mol. The number of carbonyl (C=O) groups is 1. The minimum atomic E-state index is -0.832. The van der Waals surface area contributed by atoms with Gasteiger partial charge in [0.15, 0.2) is 33.9 Å². The fourth-order valence-electron chi connectivity index (χ4n) is 3.29. The predicted octanol–water partition coefficient (Wildman–Crippen LogP) is 1.90. The first-order valence-corrected chi connectivity index (χ1v) is 10.5. The molecule has 1 aliphatic rings. The summed E-state index contributed by atoms with van der Waals surface area (Å²) in [4.78, 5) is 33.7. The quantitative estimate of drug-likeness (QED) is 0.228. The second kappa shape index (κ2) is 11.1. The number of phenols is 1. The van der Waals surface area contributed by atoms with Gasteiger partial charge >= 0.3 is 5.91 Å². The number of aromatic hydroxyl groups is 1. The van der Waals surface area contributed by atoms with Crippen molar-refractivity contribution in [1.82, 2.24) is 9.97 Å². The van der Waals surface area contributed by atoms with Crippen molar-refractivity contribution in [3.63, 3.8) is 0 Å². The summed E-state index contributed by atoms with van der Waals surface area (Å²) in [6, 6.07) is 3.12. The van der Waals surface area contributed by atoms with Crippen molar-refractivity contribution >= 4 is 58.5 Å². The van der Waals surface area contributed by atoms with E-state index in [4.69, 9.17) is 43.7 Å². The van der Waals surface area contributed by atoms with E-state index in [-0.39, 0.29) is 51.5 Å². The molecule has 9 N–H and O–H groups in total. The lowest BCUT2D eigenvalue weighted by Gasteiger charge is -2.11. The van der Waals surface area contributed by atoms with Crippen LogP contribution in [0.15, 0.2) is 26.3 Å². The van der Waals surface area contributed by atoms with Crippen LogP contribution in [-0.2, 0) is 6.42 Å². The zero-order valence-corrected chi connectivity index (χ0v) is 20.4. The Kier molecular flexibility index (Phi) is 8.72. The molecule has 1 aliphatic heterocycles. The van der Waals surface area contributed by atoms with Crippen LogP contribution in [0.25, 0.3) is 11.0 Å². The number of nitrogens with two attached hydrogens (primary N) is 4. The highest BCUT2D eigenvalue weighted by atomic mass is 35.5. The number of nitrogens with zero attached hydrogens (tertiary/aromatic N) is 3. The van der Waals surface area contributed by atoms with Gasteiger partial charge in [0.2, 0.25) is 0 Å². The third kappa shape index (κ3) is 6.22. The Morgan fingerprint density at radius 3 is 2.57 bits per heavy atom. The number of phenolic OH excluding ortho intramolecular Hbond substituents is 1. The Labute approximate surface area is 210 Å². The summed E-state index contributed by atoms with van der Waals surface area (Å²) >= 11 is 5.55. The van der Waals surface area contributed by atoms with Gasteiger partial charge in [0.1, 0.15) is 28.2 Å². The third-order valence-corrected chi connectivity index (χ3v) is 5.21. The number of benzene rings is 1. The summed E-state index contributed by atoms with van der Waals surface area (Å²) in [6.45, 7) is 4.44. The van der Waals surface area contributed by atoms with Crippen molar-refractivity contribution in [2.45, 2.75) is 26.7 Å². The van der Waals surface area contributed by atoms with E-state index in [2.05, 4.69) is 21.9 Å². The largest absolute Gasteiger partial charge is 0.507 e. The summed E-state index contributed by atoms with van der Waals surface area (Å²) < 4.78 is 11.2. The highest BCUT2D eigenvalue weighted by Crippen LogP contribution is 2.38. The number of amides is 1. The molecule has 35 heavy (non-hydrogen) atoms. The maximum absolute atomic E-state index is 12.0. The van der Waals surface area contributed by atoms with Crippen molar-refractivity contribution in [3.8, 4) is 11.5 Å². The lowest BCUT2D eigenvalue weighted by molar-refractivity contribution is 0.0998. The Bertz CT molecular complexity index is 1360. The number of ether oxygens (including phenoxy) is 1. The first-order chi connectivity index (χ1) is 16.0. The number of rotatable bonds is 1. The van der Waals surface area contributed by atoms with Crippen molar-refractivity contribution in [1.29, 1.82) is 0 Å². The molecule has 12 nitrogen and oxygen atoms in total. The zero-order chi connectivity index (χ0) is 25.2. The summed E-state index contributed by atoms with van der Waals surface area (Å²) in [5, 5.41) is 10.5. The number of aromatic nitrogens is 2. The van der Waals surface area contributed by atoms with Gasteiger partial charge in [0.05, 0.1) is 6.61 Å². The lowest BCUT2D eigenvalue weighted by Crippen LogP contribution is -2.24. The van der Waals surface area contributed by atoms with Gasteiger partial charge in [0.25, 0.3) is 0 Å². The van der Waals surface area contributed by atoms with Gasteiger partial charge in [-0.1, -0.05) is 18.5 Å². The molecule has 0 fully saturated rings. The molecule has 1 amide bonds. The fraction of sp³-hybridized carbons (Fsp3) is 0.286. The fourth-order valence-corrected chi connectivity index (χ4v) is 3.41. The summed E-state index contributed by atoms with van der Waals surface area (Å²) in [6.07, 6.45) is 1.65. The average Bonchev–Trinajstić information content (AvgIpc) is 2.92. The van der Waals surface area contributed by atoms with E-state index in [0.717, 1.165) is 6.42 Å². The molecule has 14 heteroatoms. The number of anilines is 2. The van der Waals surface area contributed by atoms with Crippen LogP contribution in [0.4, 0.5) is 11.6 Å². The SMILES string of the molecule is Cc1cc(=O)c2c(O)c3c(cc2o1)OCC(C)CC3.Cl.NC(N)=NC(=O)c1nc(Cl)c(N)nc1N. The van der Waals surface area contributed by atoms with E-state index < -0.39 is 11.9 Å². The molecular formula is C21H25Cl2N7O5. The second-order valence-corrected chi connectivity index (χ2v) is 8.08. The van der Waals surface area contributed by atoms with E-state index in [0.29, 0.717) is 41.6 Å². The van der Waals surface area contributed by atoms with Crippen LogP contribution >= 0.6 is 24.0 Å². The number of carbonyl (C=O) groups excluding carboxylic acids is 1. The van der Waals surface area contributed by atoms with Crippen LogP contribution < -0.4 is 33.1 Å². The molecule has 0 spiro atoms. The summed E-state index contributed by atoms with van der Waals surface area (Å²) in [7, 11) is 0. The molecular weight excluding hydrogens is 501 g/mol. The first kappa shape index (κ1) is 27.5. The number of hydrogen-bond acceptors (Lipinski definition) is 9. The summed E-state index contributed by atoms with van der Waals surface area (Å²) in [5.74, 6) is 0.0935. The minimum Gasteiger partial charge on any atom is -0.507 e. The van der Waals surface area contributed by atoms with Gasteiger partial charge in [-0.25, -0.2) is 9.97 Å². The highest BCUT2D eigenvalue weighted by molar-refractivity contribution is 6.31. The van der Waals surface area contributed by atoms with Crippen LogP contribution in [0.3, 0.4) is 0 Å². The molecule has 1 atom stereocenters. The average molecular weight is 526 g/mol. The van der Waals surface area contributed by atoms with Crippen molar-refractivity contribution in [2.75, 3.05) is 18.1 Å². The number of fused-ring (bicyclic) bond motifs is 2. The molecule has 1 unspecified atom stereocenters. The monoisotopic (exact) mass is 525 g/mol. The maximum atomic E-state index is 12.0. The number of guanidine groups is 1. The molecule has 1 aromatic carbocycles. The lowest BCUT2D eigenvalue weighted by atomic mass is 10.00. The standard InChI is InChI=1S/C15H16O4.C6H8ClN7O.ClH/c1-8-3-4-10-12(18-7-8)6-13-14(15(10)17)11(16)5-9(2)19-13;7-2-4(9)13-3(8)1(12-2)5(15)14-6(10)11;/h5-6,8,17H,3-4,7H2,1-2H3;(H4,8,9,13)(H4,10,11,14,15);1H. The molecule has 3 aromatic rings. The molecule has 0 radical (unpaired) electrons. The van der Waals surface area contributed by atoms with Crippen LogP contribution in [0.2, 0.25) is 5.15 Å². The Hall–Kier alpha value is -3.77. The van der Waals surface area contributed by atoms with Gasteiger partial charge in [0, 0.05) is 17.7 Å². The topological polar surface area (TPSA) is 219 Å². The number of halogens is 2. The molecule has 0 bridgehead atoms. The molecule has 188 valence electrons. The van der Waals surface area contributed by atoms with E-state index in [1.807, 2.05) is 0 Å². The zero-order valence-electron chi connectivity index (χ0n) is 18.9. The highest BCUT2D eigenvalue weighted by Gasteiger charge is 2.21. The number of hydrogen-bond donors (Lipinski definition) is 5. The van der Waals surface area contributed by atoms with E-state index >= 15 is 0 Å². The smallest absolute Gasteiger partial charge is 0.302 e. The molecule has 0 aliphatic carbocycles. The number of aliphatic imine (C=N–C) groups is 1. The van der Waals surface area contributed by atoms with E-state index in [1.165, 1.54) is 6.07 Å². The third-order valence-electron chi connectivity index (χ3n) is 4.93. The first-order valence-electron chi connectivity index (χ1n) is 10.1. The number of aryl methyl sites for hydroxylation is 1. The Morgan fingerprint density at radius 2 is 1.91 bits per heavy atom. The molecule has 3 heterocycles. The minimum absolute atomic E-state index is 0. The second-order valence-electron chi connectivity index (χ2n) is 7.73. The van der Waals surface area contributed by atoms with Gasteiger partial charge in [-0.3, -0.25) is 9.59 Å². The normalized spacial score (nSPS) is 14.3. The van der Waals surface area contributed by atoms with E-state index in [9.17, 15) is 14.7 Å². The molecule has 0 saturated heterocycles. The van der Waals surface area contributed by atoms with Crippen molar-refractivity contribution in [3.05, 3.63) is 44.5 Å². The molecule has 0 saturated carbocycles. The van der Waals surface area contributed by atoms with Gasteiger partial charge < -0.3 is 37.2 Å². The van der Waals surface area contributed by atoms with Crippen LogP contribution in [-0.4, -0.2) is 33.5 Å². The Morgan fingerprint density at radius 1 is 1.23 bits per heavy atom. The van der Waals surface area contributed by atoms with Crippen molar-refractivity contribution < 1.29 is 19.1 Å². The van der Waals surface area contributed by atoms with Crippen molar-refractivity contribution in [2.24, 2.45) is 22.4 Å². The van der Waals surface area contributed by atoms with Crippen LogP contribution in [0.5, 0.6) is 11.5 Å². The van der Waals surface area contributed by atoms with Crippen LogP contribution in [0, 0.1) is 12.8 Å². The Balaban J connectivity index is 0.000000247. The maximum Gasteiger partial charge on any atom is 0.302 e. The van der Waals surface area contributed by atoms with Gasteiger partial charge in [-0.05, 0) is 25.7 Å². The number of nitrogen functional groups attached to an aromatic ring is 2. The van der Waals surface area contributed by atoms with Gasteiger partial charge in [-0.15, -0.1) is 12.4 Å². The van der Waals surface area contributed by atoms with E-state index in [1.54, 1.807) is 13.0 Å². The summed E-state index contributed by atoms with van der Waals surface area (Å²) in [5.41, 5.74) is 21.4.